The van der Waals surface area contributed by atoms with Crippen LogP contribution < -0.4 is 5.73 Å². The fraction of sp³-hybridized carbons (Fsp3) is 0.273. The van der Waals surface area contributed by atoms with E-state index in [2.05, 4.69) is 5.10 Å². The topological polar surface area (TPSA) is 70.1 Å². The highest BCUT2D eigenvalue weighted by Gasteiger charge is 2.11. The molecule has 0 aliphatic heterocycles. The highest BCUT2D eigenvalue weighted by atomic mass is 32.1. The van der Waals surface area contributed by atoms with Crippen molar-refractivity contribution in [3.05, 3.63) is 23.6 Å². The van der Waals surface area contributed by atoms with Gasteiger partial charge < -0.3 is 10.5 Å². The molecular weight excluding hydrogens is 238 g/mol. The van der Waals surface area contributed by atoms with Gasteiger partial charge in [-0.05, 0) is 18.4 Å². The Morgan fingerprint density at radius 1 is 1.65 bits per heavy atom. The van der Waals surface area contributed by atoms with E-state index < -0.39 is 0 Å². The molecule has 2 rings (SSSR count). The van der Waals surface area contributed by atoms with Crippen molar-refractivity contribution in [2.24, 2.45) is 0 Å². The van der Waals surface area contributed by atoms with E-state index in [0.717, 1.165) is 10.6 Å². The molecular formula is C11H13N3O2S. The molecule has 0 bridgehead atoms. The molecule has 2 aromatic heterocycles. The number of ether oxygens (including phenoxy) is 1. The van der Waals surface area contributed by atoms with Gasteiger partial charge in [0.2, 0.25) is 0 Å². The van der Waals surface area contributed by atoms with Crippen molar-refractivity contribution in [3.8, 4) is 10.6 Å². The van der Waals surface area contributed by atoms with Crippen LogP contribution in [0.25, 0.3) is 10.6 Å². The number of aromatic nitrogens is 2. The van der Waals surface area contributed by atoms with Crippen LogP contribution in [0.5, 0.6) is 0 Å². The molecule has 2 aromatic rings. The molecule has 0 aliphatic carbocycles. The molecule has 17 heavy (non-hydrogen) atoms. The number of hydrogen-bond acceptors (Lipinski definition) is 5. The summed E-state index contributed by atoms with van der Waals surface area (Å²) in [6.07, 6.45) is 0. The van der Waals surface area contributed by atoms with Crippen molar-refractivity contribution in [1.82, 2.24) is 9.78 Å². The first-order chi connectivity index (χ1) is 8.20. The molecule has 2 heterocycles. The molecule has 0 unspecified atom stereocenters. The van der Waals surface area contributed by atoms with Gasteiger partial charge in [0.05, 0.1) is 11.5 Å². The van der Waals surface area contributed by atoms with Crippen LogP contribution in [0, 0.1) is 0 Å². The summed E-state index contributed by atoms with van der Waals surface area (Å²) in [6.45, 7) is 2.17. The summed E-state index contributed by atoms with van der Waals surface area (Å²) in [7, 11) is 0. The van der Waals surface area contributed by atoms with Gasteiger partial charge in [-0.2, -0.15) is 5.10 Å². The number of carbonyl (C=O) groups excluding carboxylic acids is 1. The van der Waals surface area contributed by atoms with Crippen LogP contribution in [-0.2, 0) is 16.1 Å². The minimum absolute atomic E-state index is 0.0467. The van der Waals surface area contributed by atoms with Crippen molar-refractivity contribution in [3.63, 3.8) is 0 Å². The molecule has 6 heteroatoms. The summed E-state index contributed by atoms with van der Waals surface area (Å²) in [5.74, 6) is 0.126. The quantitative estimate of drug-likeness (QED) is 0.840. The van der Waals surface area contributed by atoms with Crippen LogP contribution in [0.3, 0.4) is 0 Å². The first kappa shape index (κ1) is 11.7. The highest BCUT2D eigenvalue weighted by molar-refractivity contribution is 7.13. The Hall–Kier alpha value is -1.82. The summed E-state index contributed by atoms with van der Waals surface area (Å²) in [5.41, 5.74) is 6.57. The average molecular weight is 251 g/mol. The number of esters is 1. The van der Waals surface area contributed by atoms with E-state index in [0.29, 0.717) is 12.4 Å². The van der Waals surface area contributed by atoms with Gasteiger partial charge in [0.25, 0.3) is 0 Å². The number of carbonyl (C=O) groups is 1. The maximum absolute atomic E-state index is 11.3. The fourth-order valence-corrected chi connectivity index (χ4v) is 2.11. The molecule has 0 radical (unpaired) electrons. The van der Waals surface area contributed by atoms with Crippen LogP contribution in [0.4, 0.5) is 5.82 Å². The summed E-state index contributed by atoms with van der Waals surface area (Å²) in [6, 6.07) is 5.66. The van der Waals surface area contributed by atoms with Crippen molar-refractivity contribution in [2.75, 3.05) is 12.3 Å². The van der Waals surface area contributed by atoms with Crippen LogP contribution in [-0.4, -0.2) is 22.4 Å². The average Bonchev–Trinajstić information content (AvgIpc) is 2.89. The van der Waals surface area contributed by atoms with Gasteiger partial charge in [0.15, 0.2) is 0 Å². The number of thiophene rings is 1. The summed E-state index contributed by atoms with van der Waals surface area (Å²) >= 11 is 1.58. The smallest absolute Gasteiger partial charge is 0.327 e. The van der Waals surface area contributed by atoms with Crippen LogP contribution in [0.2, 0.25) is 0 Å². The second kappa shape index (κ2) is 5.01. The number of nitrogens with two attached hydrogens (primary N) is 1. The Morgan fingerprint density at radius 2 is 2.47 bits per heavy atom. The zero-order valence-electron chi connectivity index (χ0n) is 9.42. The van der Waals surface area contributed by atoms with E-state index in [4.69, 9.17) is 10.5 Å². The van der Waals surface area contributed by atoms with Crippen molar-refractivity contribution in [1.29, 1.82) is 0 Å². The molecule has 0 aromatic carbocycles. The van der Waals surface area contributed by atoms with Crippen LogP contribution in [0.1, 0.15) is 6.92 Å². The molecule has 0 atom stereocenters. The van der Waals surface area contributed by atoms with E-state index in [1.165, 1.54) is 4.68 Å². The maximum Gasteiger partial charge on any atom is 0.327 e. The molecule has 0 saturated heterocycles. The molecule has 0 aliphatic rings. The van der Waals surface area contributed by atoms with E-state index in [9.17, 15) is 4.79 Å². The monoisotopic (exact) mass is 251 g/mol. The molecule has 5 nitrogen and oxygen atoms in total. The molecule has 2 N–H and O–H groups in total. The standard InChI is InChI=1S/C11H13N3O2S/c1-2-16-11(15)7-14-10(12)6-8(13-14)9-4-3-5-17-9/h3-6H,2,7,12H2,1H3. The Morgan fingerprint density at radius 3 is 3.12 bits per heavy atom. The largest absolute Gasteiger partial charge is 0.465 e. The molecule has 0 amide bonds. The minimum Gasteiger partial charge on any atom is -0.465 e. The third kappa shape index (κ3) is 2.65. The Kier molecular flexibility index (Phi) is 3.43. The first-order valence-corrected chi connectivity index (χ1v) is 6.11. The number of nitrogen functional groups attached to an aromatic ring is 1. The maximum atomic E-state index is 11.3. The lowest BCUT2D eigenvalue weighted by Gasteiger charge is -2.03. The van der Waals surface area contributed by atoms with E-state index in [1.807, 2.05) is 17.5 Å². The Balaban J connectivity index is 2.17. The first-order valence-electron chi connectivity index (χ1n) is 5.23. The Bertz CT molecular complexity index is 505. The van der Waals surface area contributed by atoms with Gasteiger partial charge >= 0.3 is 5.97 Å². The normalized spacial score (nSPS) is 10.4. The summed E-state index contributed by atoms with van der Waals surface area (Å²) in [5, 5.41) is 6.24. The summed E-state index contributed by atoms with van der Waals surface area (Å²) < 4.78 is 6.30. The molecule has 0 spiro atoms. The second-order valence-corrected chi connectivity index (χ2v) is 4.34. The lowest BCUT2D eigenvalue weighted by Crippen LogP contribution is -2.16. The van der Waals surface area contributed by atoms with Gasteiger partial charge in [-0.25, -0.2) is 4.68 Å². The van der Waals surface area contributed by atoms with Gasteiger partial charge in [-0.15, -0.1) is 11.3 Å². The van der Waals surface area contributed by atoms with E-state index in [-0.39, 0.29) is 12.5 Å². The van der Waals surface area contributed by atoms with Crippen molar-refractivity contribution in [2.45, 2.75) is 13.5 Å². The highest BCUT2D eigenvalue weighted by Crippen LogP contribution is 2.24. The van der Waals surface area contributed by atoms with Crippen LogP contribution >= 0.6 is 11.3 Å². The van der Waals surface area contributed by atoms with Crippen molar-refractivity contribution < 1.29 is 9.53 Å². The minimum atomic E-state index is -0.333. The number of nitrogens with zero attached hydrogens (tertiary/aromatic N) is 2. The van der Waals surface area contributed by atoms with Crippen molar-refractivity contribution >= 4 is 23.1 Å². The molecule has 90 valence electrons. The number of rotatable bonds is 4. The van der Waals surface area contributed by atoms with E-state index >= 15 is 0 Å². The predicted octanol–water partition coefficient (Wildman–Crippen LogP) is 1.76. The lowest BCUT2D eigenvalue weighted by atomic mass is 10.3. The predicted molar refractivity (Wildman–Crippen MR) is 66.6 cm³/mol. The Labute approximate surface area is 103 Å². The van der Waals surface area contributed by atoms with Crippen LogP contribution in [0.15, 0.2) is 23.6 Å². The lowest BCUT2D eigenvalue weighted by molar-refractivity contribution is -0.143. The zero-order valence-corrected chi connectivity index (χ0v) is 10.2. The third-order valence-corrected chi connectivity index (χ3v) is 3.06. The second-order valence-electron chi connectivity index (χ2n) is 3.39. The van der Waals surface area contributed by atoms with E-state index in [1.54, 1.807) is 24.3 Å². The number of hydrogen-bond donors (Lipinski definition) is 1. The zero-order chi connectivity index (χ0) is 12.3. The van der Waals surface area contributed by atoms with Gasteiger partial charge in [0, 0.05) is 6.07 Å². The molecule has 0 saturated carbocycles. The summed E-state index contributed by atoms with van der Waals surface area (Å²) in [4.78, 5) is 12.4. The fourth-order valence-electron chi connectivity index (χ4n) is 1.43. The SMILES string of the molecule is CCOC(=O)Cn1nc(-c2cccs2)cc1N. The van der Waals surface area contributed by atoms with Gasteiger partial charge in [-0.3, -0.25) is 4.79 Å². The van der Waals surface area contributed by atoms with Gasteiger partial charge in [-0.1, -0.05) is 6.07 Å². The van der Waals surface area contributed by atoms with Gasteiger partial charge in [0.1, 0.15) is 18.1 Å². The number of anilines is 1. The molecule has 0 fully saturated rings. The third-order valence-electron chi connectivity index (χ3n) is 2.17.